The summed E-state index contributed by atoms with van der Waals surface area (Å²) in [5.41, 5.74) is 12.3. The van der Waals surface area contributed by atoms with Gasteiger partial charge in [0, 0.05) is 0 Å². The molecule has 10 aliphatic heterocycles. The molecule has 10 aliphatic rings. The zero-order valence-corrected chi connectivity index (χ0v) is 13.5. The molecule has 0 bridgehead atoms. The molecule has 2 nitrogen and oxygen atoms in total. The number of alkyl halides is 1. The monoisotopic (exact) mass is 398 g/mol. The zero-order chi connectivity index (χ0) is 11.7. The van der Waals surface area contributed by atoms with Crippen molar-refractivity contribution in [1.29, 1.82) is 0 Å². The second-order valence-corrected chi connectivity index (χ2v) is 36.9. The molecule has 0 aromatic carbocycles. The predicted molar refractivity (Wildman–Crippen MR) is 75.7 cm³/mol. The average Bonchev–Trinajstić information content (AvgIpc) is 3.30. The third kappa shape index (κ3) is 0.0717. The summed E-state index contributed by atoms with van der Waals surface area (Å²) in [4.78, 5) is 9.66. The molecule has 18 heavy (non-hydrogen) atoms. The number of hydrogen-bond acceptors (Lipinski definition) is 2. The summed E-state index contributed by atoms with van der Waals surface area (Å²) in [6.07, 6.45) is 2.89. The van der Waals surface area contributed by atoms with E-state index in [0.29, 0.717) is 0 Å². The van der Waals surface area contributed by atoms with Crippen molar-refractivity contribution >= 4 is 22.6 Å². The van der Waals surface area contributed by atoms with Crippen molar-refractivity contribution in [2.75, 3.05) is 13.1 Å². The van der Waals surface area contributed by atoms with E-state index in [1.807, 2.05) is 0 Å². The van der Waals surface area contributed by atoms with Crippen molar-refractivity contribution in [3.63, 3.8) is 0 Å². The van der Waals surface area contributed by atoms with Crippen LogP contribution in [0.1, 0.15) is 12.8 Å². The Kier molecular flexibility index (Phi) is 0.298. The van der Waals surface area contributed by atoms with Gasteiger partial charge in [-0.25, -0.2) is 0 Å². The van der Waals surface area contributed by atoms with Crippen molar-refractivity contribution in [2.45, 2.75) is 57.5 Å². The van der Waals surface area contributed by atoms with E-state index >= 15 is 0 Å². The van der Waals surface area contributed by atoms with Gasteiger partial charge in [0.25, 0.3) is 0 Å². The maximum atomic E-state index is 6.13. The normalized spacial score (nSPS) is 122. The molecule has 0 amide bonds. The van der Waals surface area contributed by atoms with Crippen LogP contribution in [0.5, 0.6) is 0 Å². The van der Waals surface area contributed by atoms with E-state index in [-0.39, 0.29) is 0 Å². The van der Waals surface area contributed by atoms with Crippen LogP contribution in [0.25, 0.3) is 0 Å². The molecule has 0 aliphatic carbocycles. The number of halogens is 1. The average molecular weight is 398 g/mol. The molecule has 10 heterocycles. The summed E-state index contributed by atoms with van der Waals surface area (Å²) in [6, 6.07) is 0. The fourth-order valence-corrected chi connectivity index (χ4v) is 116. The van der Waals surface area contributed by atoms with Crippen LogP contribution in [-0.2, 0) is 6.51 Å². The van der Waals surface area contributed by atoms with Crippen LogP contribution in [-0.4, -0.2) is 15.4 Å². The Bertz CT molecular complexity index is 1020. The first-order chi connectivity index (χ1) is 8.45. The summed E-state index contributed by atoms with van der Waals surface area (Å²) < 4.78 is 2.79. The quantitative estimate of drug-likeness (QED) is 0.435. The molecule has 1 spiro atoms. The van der Waals surface area contributed by atoms with Crippen LogP contribution in [0, 0.1) is 0 Å². The molecule has 10 rings (SSSR count). The summed E-state index contributed by atoms with van der Waals surface area (Å²) in [5, 5.41) is 0. The number of rotatable bonds is 4. The summed E-state index contributed by atoms with van der Waals surface area (Å²) in [7, 11) is 0. The van der Waals surface area contributed by atoms with Gasteiger partial charge < -0.3 is 0 Å². The Balaban J connectivity index is 1.64. The Labute approximate surface area is 110 Å². The van der Waals surface area contributed by atoms with Gasteiger partial charge in [-0.3, -0.25) is 0 Å². The van der Waals surface area contributed by atoms with E-state index < -0.39 is 6.51 Å². The second kappa shape index (κ2) is 0.674. The van der Waals surface area contributed by atoms with E-state index in [9.17, 15) is 0 Å². The first-order valence-electron chi connectivity index (χ1n) is 7.75. The third-order valence-corrected chi connectivity index (χ3v) is 71.0. The van der Waals surface area contributed by atoms with Gasteiger partial charge in [0.1, 0.15) is 0 Å². The van der Waals surface area contributed by atoms with Gasteiger partial charge in [0.2, 0.25) is 0 Å². The van der Waals surface area contributed by atoms with E-state index in [2.05, 4.69) is 22.6 Å². The Morgan fingerprint density at radius 1 is 0.889 bits per heavy atom. The van der Waals surface area contributed by atoms with Crippen molar-refractivity contribution in [1.82, 2.24) is 0 Å². The van der Waals surface area contributed by atoms with Crippen molar-refractivity contribution in [3.05, 3.63) is 0 Å². The van der Waals surface area contributed by atoms with Gasteiger partial charge in [-0.1, -0.05) is 0 Å². The molecule has 0 aromatic heterocycles. The molecule has 5 unspecified atom stereocenters. The molecule has 100 valence electrons. The molecule has 0 saturated carbocycles. The minimum absolute atomic E-state index is 0.910. The number of hydrogen-bond donors (Lipinski definition) is 2. The predicted octanol–water partition coefficient (Wildman–Crippen LogP) is 3.16. The molecule has 4 heteroatoms. The van der Waals surface area contributed by atoms with E-state index in [1.54, 1.807) is 0 Å². The first kappa shape index (κ1) is 7.98. The van der Waals surface area contributed by atoms with Gasteiger partial charge >= 0.3 is 111 Å². The first-order valence-corrected chi connectivity index (χ1v) is 14.9. The zero-order valence-electron chi connectivity index (χ0n) is 10.3. The van der Waals surface area contributed by atoms with Gasteiger partial charge in [0.15, 0.2) is 0 Å². The SMILES string of the molecule is NCC[C]12[CH]3[CH]4[C]5(I)[C]1(CCN)[Fe]43521678[CH]2[CH]1[CH]6[CH]7[CH]28. The van der Waals surface area contributed by atoms with E-state index in [0.717, 1.165) is 24.0 Å². The summed E-state index contributed by atoms with van der Waals surface area (Å²) in [6.45, 7) is -1.17. The topological polar surface area (TPSA) is 52.0 Å². The van der Waals surface area contributed by atoms with Crippen LogP contribution in [0.2, 0.25) is 42.3 Å². The molecule has 5 atom stereocenters. The van der Waals surface area contributed by atoms with Crippen molar-refractivity contribution in [3.8, 4) is 0 Å². The van der Waals surface area contributed by atoms with Crippen LogP contribution < -0.4 is 11.5 Å². The van der Waals surface area contributed by atoms with Crippen molar-refractivity contribution < 1.29 is 6.51 Å². The van der Waals surface area contributed by atoms with E-state index in [1.165, 1.54) is 46.6 Å². The molecule has 4 N–H and O–H groups in total. The van der Waals surface area contributed by atoms with Gasteiger partial charge in [-0.05, 0) is 0 Å². The Hall–Kier alpha value is 1.17. The van der Waals surface area contributed by atoms with Crippen LogP contribution in [0.4, 0.5) is 0 Å². The molecule has 10 saturated heterocycles. The second-order valence-electron chi connectivity index (χ2n) is 11.1. The van der Waals surface area contributed by atoms with Gasteiger partial charge in [-0.2, -0.15) is 0 Å². The molecule has 0 radical (unpaired) electrons. The van der Waals surface area contributed by atoms with Crippen LogP contribution in [0.3, 0.4) is 0 Å². The third-order valence-electron chi connectivity index (χ3n) is 16.5. The Morgan fingerprint density at radius 2 is 1.44 bits per heavy atom. The molecule has 10 fully saturated rings. The Morgan fingerprint density at radius 3 is 1.83 bits per heavy atom. The van der Waals surface area contributed by atoms with Gasteiger partial charge in [0.05, 0.1) is 0 Å². The standard InChI is InChI=1S/C9H14IN2.C5H5.Fe/c10-9-2-1-7(3-5-11)8(9)4-6-12;1-2-4-5-3-1;/h1-2H,3-6,11-12H2;1-5H;. The number of fused-ring (bicyclic) bond motifs is 10. The fraction of sp³-hybridized carbons (Fsp3) is 1.00. The van der Waals surface area contributed by atoms with Gasteiger partial charge in [-0.15, -0.1) is 0 Å². The van der Waals surface area contributed by atoms with E-state index in [4.69, 9.17) is 11.5 Å². The molecular weight excluding hydrogens is 379 g/mol. The van der Waals surface area contributed by atoms with Crippen LogP contribution >= 0.6 is 22.6 Å². The number of nitrogens with two attached hydrogens (primary N) is 2. The van der Waals surface area contributed by atoms with Crippen LogP contribution in [0.15, 0.2) is 0 Å². The summed E-state index contributed by atoms with van der Waals surface area (Å²) >= 11 is 3.09. The maximum absolute atomic E-state index is 6.13. The summed E-state index contributed by atoms with van der Waals surface area (Å²) in [5.74, 6) is 0. The van der Waals surface area contributed by atoms with Crippen molar-refractivity contribution in [2.24, 2.45) is 11.5 Å². The minimum atomic E-state index is -3.14. The molecular formula is C14H19FeIN2. The molecule has 0 aromatic rings. The fourth-order valence-electron chi connectivity index (χ4n) is 19.4.